The molecule has 5 nitrogen and oxygen atoms in total. The van der Waals surface area contributed by atoms with Crippen molar-refractivity contribution in [1.29, 1.82) is 0 Å². The standard InChI is InChI=1S/C19H19NO4/c1-3-12-19(24-22)16-6-4-5-7-17(16)20(18(19)21)13-14-8-10-15(23-2)11-9-14/h3-11,22H,1,12-13H2,2H3/t19-/m0/s1. The summed E-state index contributed by atoms with van der Waals surface area (Å²) in [5.74, 6) is 0.452. The fourth-order valence-corrected chi connectivity index (χ4v) is 3.09. The lowest BCUT2D eigenvalue weighted by Gasteiger charge is -2.24. The summed E-state index contributed by atoms with van der Waals surface area (Å²) in [6.07, 6.45) is 1.76. The highest BCUT2D eigenvalue weighted by Crippen LogP contribution is 2.45. The predicted octanol–water partition coefficient (Wildman–Crippen LogP) is 3.50. The van der Waals surface area contributed by atoms with Crippen LogP contribution in [0.2, 0.25) is 0 Å². The van der Waals surface area contributed by atoms with E-state index in [-0.39, 0.29) is 12.3 Å². The first-order valence-electron chi connectivity index (χ1n) is 7.64. The molecule has 1 amide bonds. The van der Waals surface area contributed by atoms with Crippen molar-refractivity contribution in [3.63, 3.8) is 0 Å². The summed E-state index contributed by atoms with van der Waals surface area (Å²) >= 11 is 0. The summed E-state index contributed by atoms with van der Waals surface area (Å²) < 4.78 is 5.15. The van der Waals surface area contributed by atoms with Crippen LogP contribution in [0.4, 0.5) is 5.69 Å². The van der Waals surface area contributed by atoms with E-state index in [1.807, 2.05) is 42.5 Å². The topological polar surface area (TPSA) is 59.0 Å². The van der Waals surface area contributed by atoms with E-state index in [2.05, 4.69) is 6.58 Å². The second kappa shape index (κ2) is 6.47. The normalized spacial score (nSPS) is 19.2. The third-order valence-corrected chi connectivity index (χ3v) is 4.31. The van der Waals surface area contributed by atoms with Crippen molar-refractivity contribution in [2.24, 2.45) is 0 Å². The van der Waals surface area contributed by atoms with E-state index < -0.39 is 5.60 Å². The molecule has 0 saturated carbocycles. The van der Waals surface area contributed by atoms with Crippen LogP contribution in [0.1, 0.15) is 17.5 Å². The minimum atomic E-state index is -1.43. The van der Waals surface area contributed by atoms with Crippen LogP contribution in [-0.2, 0) is 21.8 Å². The minimum absolute atomic E-state index is 0.193. The van der Waals surface area contributed by atoms with Crippen LogP contribution >= 0.6 is 0 Å². The molecule has 0 fully saturated rings. The van der Waals surface area contributed by atoms with Crippen molar-refractivity contribution in [2.45, 2.75) is 18.6 Å². The molecule has 0 spiro atoms. The van der Waals surface area contributed by atoms with Gasteiger partial charge in [-0.3, -0.25) is 10.1 Å². The highest BCUT2D eigenvalue weighted by molar-refractivity contribution is 6.07. The maximum absolute atomic E-state index is 13.0. The van der Waals surface area contributed by atoms with Crippen LogP contribution in [0.25, 0.3) is 0 Å². The van der Waals surface area contributed by atoms with Gasteiger partial charge in [0.1, 0.15) is 5.75 Å². The number of para-hydroxylation sites is 1. The molecule has 1 aliphatic rings. The lowest BCUT2D eigenvalue weighted by molar-refractivity contribution is -0.314. The molecule has 24 heavy (non-hydrogen) atoms. The van der Waals surface area contributed by atoms with Gasteiger partial charge in [0.2, 0.25) is 5.60 Å². The molecular formula is C19H19NO4. The van der Waals surface area contributed by atoms with Gasteiger partial charge in [0.05, 0.1) is 19.3 Å². The second-order valence-corrected chi connectivity index (χ2v) is 5.67. The Morgan fingerprint density at radius 1 is 1.21 bits per heavy atom. The molecule has 0 bridgehead atoms. The quantitative estimate of drug-likeness (QED) is 0.502. The first kappa shape index (κ1) is 16.2. The third-order valence-electron chi connectivity index (χ3n) is 4.31. The Morgan fingerprint density at radius 3 is 2.54 bits per heavy atom. The van der Waals surface area contributed by atoms with Crippen molar-refractivity contribution < 1.29 is 19.7 Å². The van der Waals surface area contributed by atoms with E-state index in [9.17, 15) is 10.1 Å². The van der Waals surface area contributed by atoms with E-state index in [1.165, 1.54) is 0 Å². The zero-order valence-corrected chi connectivity index (χ0v) is 13.4. The average molecular weight is 325 g/mol. The smallest absolute Gasteiger partial charge is 0.268 e. The molecule has 2 aromatic carbocycles. The van der Waals surface area contributed by atoms with Gasteiger partial charge in [0, 0.05) is 12.0 Å². The van der Waals surface area contributed by atoms with Crippen molar-refractivity contribution in [2.75, 3.05) is 12.0 Å². The molecule has 0 saturated heterocycles. The number of anilines is 1. The van der Waals surface area contributed by atoms with Gasteiger partial charge < -0.3 is 9.64 Å². The fraction of sp³-hybridized carbons (Fsp3) is 0.211. The SMILES string of the molecule is C=CC[C@@]1(OO)C(=O)N(Cc2ccc(OC)cc2)c2ccccc21. The molecule has 1 atom stereocenters. The van der Waals surface area contributed by atoms with Crippen molar-refractivity contribution in [1.82, 2.24) is 0 Å². The Balaban J connectivity index is 1.99. The second-order valence-electron chi connectivity index (χ2n) is 5.67. The van der Waals surface area contributed by atoms with Gasteiger partial charge in [0.25, 0.3) is 5.91 Å². The number of carbonyl (C=O) groups is 1. The molecule has 1 heterocycles. The summed E-state index contributed by atoms with van der Waals surface area (Å²) in [7, 11) is 1.61. The van der Waals surface area contributed by atoms with Gasteiger partial charge >= 0.3 is 0 Å². The number of rotatable bonds is 6. The summed E-state index contributed by atoms with van der Waals surface area (Å²) in [5.41, 5.74) is 0.900. The van der Waals surface area contributed by atoms with Crippen LogP contribution < -0.4 is 9.64 Å². The van der Waals surface area contributed by atoms with Crippen LogP contribution in [0.3, 0.4) is 0 Å². The lowest BCUT2D eigenvalue weighted by atomic mass is 9.92. The van der Waals surface area contributed by atoms with Gasteiger partial charge in [-0.2, -0.15) is 0 Å². The summed E-state index contributed by atoms with van der Waals surface area (Å²) in [6, 6.07) is 14.8. The maximum Gasteiger partial charge on any atom is 0.268 e. The highest BCUT2D eigenvalue weighted by Gasteiger charge is 2.52. The van der Waals surface area contributed by atoms with E-state index in [1.54, 1.807) is 24.2 Å². The van der Waals surface area contributed by atoms with Crippen LogP contribution in [0.5, 0.6) is 5.75 Å². The fourth-order valence-electron chi connectivity index (χ4n) is 3.09. The largest absolute Gasteiger partial charge is 0.497 e. The van der Waals surface area contributed by atoms with E-state index in [0.717, 1.165) is 17.0 Å². The first-order chi connectivity index (χ1) is 11.7. The van der Waals surface area contributed by atoms with Gasteiger partial charge in [-0.25, -0.2) is 4.89 Å². The number of benzene rings is 2. The Bertz CT molecular complexity index is 756. The molecule has 5 heteroatoms. The molecule has 0 unspecified atom stereocenters. The number of ether oxygens (including phenoxy) is 1. The van der Waals surface area contributed by atoms with Gasteiger partial charge in [-0.1, -0.05) is 36.4 Å². The number of hydrogen-bond acceptors (Lipinski definition) is 4. The summed E-state index contributed by atoms with van der Waals surface area (Å²) in [4.78, 5) is 19.3. The Kier molecular flexibility index (Phi) is 4.38. The number of methoxy groups -OCH3 is 1. The molecule has 0 aliphatic carbocycles. The third kappa shape index (κ3) is 2.48. The molecule has 2 aromatic rings. The number of amides is 1. The molecule has 0 radical (unpaired) electrons. The molecule has 1 N–H and O–H groups in total. The van der Waals surface area contributed by atoms with Crippen molar-refractivity contribution in [3.05, 3.63) is 72.3 Å². The van der Waals surface area contributed by atoms with Gasteiger partial charge in [0.15, 0.2) is 0 Å². The zero-order chi connectivity index (χ0) is 17.2. The number of carbonyl (C=O) groups excluding carboxylic acids is 1. The monoisotopic (exact) mass is 325 g/mol. The minimum Gasteiger partial charge on any atom is -0.497 e. The van der Waals surface area contributed by atoms with E-state index in [4.69, 9.17) is 9.62 Å². The number of fused-ring (bicyclic) bond motifs is 1. The predicted molar refractivity (Wildman–Crippen MR) is 90.8 cm³/mol. The number of hydrogen-bond donors (Lipinski definition) is 1. The zero-order valence-electron chi connectivity index (χ0n) is 13.4. The van der Waals surface area contributed by atoms with E-state index in [0.29, 0.717) is 12.1 Å². The summed E-state index contributed by atoms with van der Waals surface area (Å²) in [5, 5.41) is 9.51. The van der Waals surface area contributed by atoms with Crippen molar-refractivity contribution >= 4 is 11.6 Å². The van der Waals surface area contributed by atoms with Crippen LogP contribution in [0, 0.1) is 0 Å². The lowest BCUT2D eigenvalue weighted by Crippen LogP contribution is -2.41. The molecule has 124 valence electrons. The molecule has 0 aromatic heterocycles. The Morgan fingerprint density at radius 2 is 1.92 bits per heavy atom. The van der Waals surface area contributed by atoms with Crippen LogP contribution in [-0.4, -0.2) is 18.3 Å². The van der Waals surface area contributed by atoms with Gasteiger partial charge in [-0.15, -0.1) is 6.58 Å². The van der Waals surface area contributed by atoms with Crippen LogP contribution in [0.15, 0.2) is 61.2 Å². The van der Waals surface area contributed by atoms with Crippen molar-refractivity contribution in [3.8, 4) is 5.75 Å². The van der Waals surface area contributed by atoms with Gasteiger partial charge in [-0.05, 0) is 23.8 Å². The maximum atomic E-state index is 13.0. The molecular weight excluding hydrogens is 306 g/mol. The number of nitrogens with zero attached hydrogens (tertiary/aromatic N) is 1. The highest BCUT2D eigenvalue weighted by atomic mass is 17.1. The first-order valence-corrected chi connectivity index (χ1v) is 7.64. The summed E-state index contributed by atoms with van der Waals surface area (Å²) in [6.45, 7) is 4.05. The molecule has 3 rings (SSSR count). The Hall–Kier alpha value is -2.63. The van der Waals surface area contributed by atoms with E-state index >= 15 is 0 Å². The average Bonchev–Trinajstić information content (AvgIpc) is 2.86. The Labute approximate surface area is 140 Å². The molecule has 1 aliphatic heterocycles.